The Balaban J connectivity index is 1.96. The molecule has 15 heavy (non-hydrogen) atoms. The maximum absolute atomic E-state index is 5.42. The molecule has 1 fully saturated rings. The molecule has 1 aliphatic heterocycles. The van der Waals surface area contributed by atoms with Gasteiger partial charge in [-0.15, -0.1) is 0 Å². The monoisotopic (exact) mass is 206 g/mol. The van der Waals surface area contributed by atoms with Gasteiger partial charge in [-0.05, 0) is 31.5 Å². The van der Waals surface area contributed by atoms with Crippen molar-refractivity contribution in [1.29, 1.82) is 0 Å². The number of hydrogen-bond acceptors (Lipinski definition) is 3. The van der Waals surface area contributed by atoms with Crippen LogP contribution in [0, 0.1) is 5.92 Å². The molecular formula is C12H18N2O. The number of ether oxygens (including phenoxy) is 1. The van der Waals surface area contributed by atoms with Crippen LogP contribution in [-0.4, -0.2) is 31.3 Å². The maximum Gasteiger partial charge on any atom is 0.0510 e. The van der Waals surface area contributed by atoms with Crippen molar-refractivity contribution in [3.63, 3.8) is 0 Å². The first-order chi connectivity index (χ1) is 7.40. The minimum Gasteiger partial charge on any atom is -0.381 e. The molecule has 0 bridgehead atoms. The normalized spacial score (nSPS) is 22.9. The number of pyridine rings is 1. The molecule has 0 amide bonds. The minimum absolute atomic E-state index is 0.511. The van der Waals surface area contributed by atoms with Crippen molar-refractivity contribution in [2.45, 2.75) is 18.9 Å². The van der Waals surface area contributed by atoms with Gasteiger partial charge in [-0.3, -0.25) is 4.98 Å². The van der Waals surface area contributed by atoms with Gasteiger partial charge in [0.05, 0.1) is 6.61 Å². The van der Waals surface area contributed by atoms with Gasteiger partial charge in [0, 0.05) is 31.0 Å². The van der Waals surface area contributed by atoms with Gasteiger partial charge in [0.25, 0.3) is 0 Å². The second kappa shape index (κ2) is 5.24. The largest absolute Gasteiger partial charge is 0.381 e. The quantitative estimate of drug-likeness (QED) is 0.805. The smallest absolute Gasteiger partial charge is 0.0510 e. The van der Waals surface area contributed by atoms with Crippen LogP contribution in [-0.2, 0) is 11.2 Å². The molecule has 0 saturated carbocycles. The Morgan fingerprint density at radius 3 is 3.20 bits per heavy atom. The number of aromatic nitrogens is 1. The van der Waals surface area contributed by atoms with Crippen LogP contribution in [0.4, 0.5) is 0 Å². The van der Waals surface area contributed by atoms with Crippen LogP contribution in [0.2, 0.25) is 0 Å². The van der Waals surface area contributed by atoms with Crippen molar-refractivity contribution < 1.29 is 4.74 Å². The van der Waals surface area contributed by atoms with Crippen LogP contribution in [0.25, 0.3) is 0 Å². The van der Waals surface area contributed by atoms with E-state index in [0.717, 1.165) is 19.6 Å². The zero-order chi connectivity index (χ0) is 10.5. The fourth-order valence-electron chi connectivity index (χ4n) is 2.15. The first-order valence-corrected chi connectivity index (χ1v) is 5.54. The van der Waals surface area contributed by atoms with Crippen LogP contribution < -0.4 is 5.32 Å². The predicted molar refractivity (Wildman–Crippen MR) is 59.7 cm³/mol. The third kappa shape index (κ3) is 2.76. The molecule has 0 aliphatic carbocycles. The minimum atomic E-state index is 0.511. The topological polar surface area (TPSA) is 34.2 Å². The van der Waals surface area contributed by atoms with E-state index >= 15 is 0 Å². The third-order valence-electron chi connectivity index (χ3n) is 3.08. The predicted octanol–water partition coefficient (Wildman–Crippen LogP) is 1.25. The van der Waals surface area contributed by atoms with Crippen LogP contribution in [0.5, 0.6) is 0 Å². The van der Waals surface area contributed by atoms with Crippen molar-refractivity contribution in [1.82, 2.24) is 10.3 Å². The molecule has 3 heteroatoms. The number of nitrogens with zero attached hydrogens (tertiary/aromatic N) is 1. The van der Waals surface area contributed by atoms with E-state index in [4.69, 9.17) is 4.74 Å². The summed E-state index contributed by atoms with van der Waals surface area (Å²) in [6, 6.07) is 4.64. The highest BCUT2D eigenvalue weighted by molar-refractivity contribution is 5.10. The highest BCUT2D eigenvalue weighted by Gasteiger charge is 2.24. The first-order valence-electron chi connectivity index (χ1n) is 5.54. The van der Waals surface area contributed by atoms with Gasteiger partial charge in [-0.2, -0.15) is 0 Å². The summed E-state index contributed by atoms with van der Waals surface area (Å²) in [5.41, 5.74) is 1.30. The molecule has 0 radical (unpaired) electrons. The Hall–Kier alpha value is -0.930. The molecule has 2 rings (SSSR count). The second-order valence-corrected chi connectivity index (χ2v) is 4.08. The summed E-state index contributed by atoms with van der Waals surface area (Å²) < 4.78 is 5.42. The summed E-state index contributed by atoms with van der Waals surface area (Å²) >= 11 is 0. The first kappa shape index (κ1) is 10.6. The van der Waals surface area contributed by atoms with E-state index in [9.17, 15) is 0 Å². The number of likely N-dealkylation sites (N-methyl/N-ethyl adjacent to an activating group) is 1. The lowest BCUT2D eigenvalue weighted by Crippen LogP contribution is -2.35. The van der Waals surface area contributed by atoms with Crippen molar-refractivity contribution in [2.24, 2.45) is 5.92 Å². The maximum atomic E-state index is 5.42. The van der Waals surface area contributed by atoms with Gasteiger partial charge in [-0.25, -0.2) is 0 Å². The van der Waals surface area contributed by atoms with Gasteiger partial charge in [-0.1, -0.05) is 6.07 Å². The fraction of sp³-hybridized carbons (Fsp3) is 0.583. The van der Waals surface area contributed by atoms with E-state index < -0.39 is 0 Å². The Labute approximate surface area is 90.9 Å². The number of hydrogen-bond donors (Lipinski definition) is 1. The number of rotatable bonds is 4. The highest BCUT2D eigenvalue weighted by atomic mass is 16.5. The molecule has 0 spiro atoms. The van der Waals surface area contributed by atoms with Crippen LogP contribution in [0.15, 0.2) is 24.5 Å². The summed E-state index contributed by atoms with van der Waals surface area (Å²) in [5, 5.41) is 3.38. The molecule has 1 aromatic rings. The lowest BCUT2D eigenvalue weighted by molar-refractivity contribution is 0.177. The molecule has 3 nitrogen and oxygen atoms in total. The van der Waals surface area contributed by atoms with Crippen LogP contribution >= 0.6 is 0 Å². The van der Waals surface area contributed by atoms with Crippen molar-refractivity contribution in [2.75, 3.05) is 20.3 Å². The Kier molecular flexibility index (Phi) is 3.69. The molecular weight excluding hydrogens is 188 g/mol. The van der Waals surface area contributed by atoms with E-state index in [1.807, 2.05) is 25.5 Å². The Morgan fingerprint density at radius 2 is 2.60 bits per heavy atom. The average molecular weight is 206 g/mol. The van der Waals surface area contributed by atoms with E-state index in [-0.39, 0.29) is 0 Å². The van der Waals surface area contributed by atoms with Gasteiger partial charge in [0.15, 0.2) is 0 Å². The second-order valence-electron chi connectivity index (χ2n) is 4.08. The summed E-state index contributed by atoms with van der Waals surface area (Å²) in [5.74, 6) is 0.648. The van der Waals surface area contributed by atoms with Gasteiger partial charge >= 0.3 is 0 Å². The van der Waals surface area contributed by atoms with Gasteiger partial charge in [0.1, 0.15) is 0 Å². The third-order valence-corrected chi connectivity index (χ3v) is 3.08. The molecule has 1 aromatic heterocycles. The molecule has 1 aliphatic rings. The van der Waals surface area contributed by atoms with E-state index in [1.165, 1.54) is 12.0 Å². The SMILES string of the molecule is CNC(Cc1cccnc1)C1CCOC1. The van der Waals surface area contributed by atoms with Crippen LogP contribution in [0.3, 0.4) is 0 Å². The molecule has 82 valence electrons. The standard InChI is InChI=1S/C12H18N2O/c1-13-12(11-4-6-15-9-11)7-10-3-2-5-14-8-10/h2-3,5,8,11-13H,4,6-7,9H2,1H3. The Morgan fingerprint density at radius 1 is 1.67 bits per heavy atom. The van der Waals surface area contributed by atoms with Gasteiger partial charge in [0.2, 0.25) is 0 Å². The molecule has 1 N–H and O–H groups in total. The van der Waals surface area contributed by atoms with Gasteiger partial charge < -0.3 is 10.1 Å². The zero-order valence-electron chi connectivity index (χ0n) is 9.15. The number of nitrogens with one attached hydrogen (secondary N) is 1. The Bertz CT molecular complexity index is 283. The van der Waals surface area contributed by atoms with E-state index in [1.54, 1.807) is 0 Å². The summed E-state index contributed by atoms with van der Waals surface area (Å²) in [6.07, 6.45) is 5.97. The van der Waals surface area contributed by atoms with Crippen LogP contribution in [0.1, 0.15) is 12.0 Å². The molecule has 1 saturated heterocycles. The van der Waals surface area contributed by atoms with Crippen molar-refractivity contribution >= 4 is 0 Å². The van der Waals surface area contributed by atoms with Crippen molar-refractivity contribution in [3.05, 3.63) is 30.1 Å². The van der Waals surface area contributed by atoms with E-state index in [0.29, 0.717) is 12.0 Å². The summed E-state index contributed by atoms with van der Waals surface area (Å²) in [4.78, 5) is 4.14. The lowest BCUT2D eigenvalue weighted by Gasteiger charge is -2.21. The molecule has 0 aromatic carbocycles. The summed E-state index contributed by atoms with van der Waals surface area (Å²) in [6.45, 7) is 1.81. The lowest BCUT2D eigenvalue weighted by atomic mass is 9.94. The summed E-state index contributed by atoms with van der Waals surface area (Å²) in [7, 11) is 2.03. The average Bonchev–Trinajstić information content (AvgIpc) is 2.81. The molecule has 2 atom stereocenters. The molecule has 2 heterocycles. The van der Waals surface area contributed by atoms with Crippen molar-refractivity contribution in [3.8, 4) is 0 Å². The van der Waals surface area contributed by atoms with E-state index in [2.05, 4.69) is 16.4 Å². The zero-order valence-corrected chi connectivity index (χ0v) is 9.15. The molecule has 2 unspecified atom stereocenters. The highest BCUT2D eigenvalue weighted by Crippen LogP contribution is 2.19. The fourth-order valence-corrected chi connectivity index (χ4v) is 2.15.